The van der Waals surface area contributed by atoms with Gasteiger partial charge in [0.2, 0.25) is 0 Å². The van der Waals surface area contributed by atoms with Gasteiger partial charge in [0.15, 0.2) is 0 Å². The first-order valence-electron chi connectivity index (χ1n) is 7.68. The predicted molar refractivity (Wildman–Crippen MR) is 88.4 cm³/mol. The molecule has 1 aromatic carbocycles. The first-order valence-corrected chi connectivity index (χ1v) is 8.47. The second-order valence-corrected chi connectivity index (χ2v) is 6.82. The Labute approximate surface area is 135 Å². The third-order valence-corrected chi connectivity index (χ3v) is 5.44. The maximum atomic E-state index is 11.5. The van der Waals surface area contributed by atoms with Crippen molar-refractivity contribution in [3.05, 3.63) is 33.8 Å². The number of hydrogen-bond donors (Lipinski definition) is 1. The van der Waals surface area contributed by atoms with E-state index in [0.29, 0.717) is 11.0 Å². The molecule has 0 amide bonds. The number of rotatable bonds is 6. The molecule has 1 aliphatic carbocycles. The number of benzene rings is 1. The van der Waals surface area contributed by atoms with E-state index in [1.165, 1.54) is 44.8 Å². The third kappa shape index (κ3) is 4.07. The zero-order chi connectivity index (χ0) is 15.3. The highest BCUT2D eigenvalue weighted by Crippen LogP contribution is 2.40. The van der Waals surface area contributed by atoms with Crippen LogP contribution in [0.4, 0.5) is 0 Å². The van der Waals surface area contributed by atoms with E-state index >= 15 is 0 Å². The summed E-state index contributed by atoms with van der Waals surface area (Å²) in [5, 5.41) is 3.59. The lowest BCUT2D eigenvalue weighted by Crippen LogP contribution is -2.31. The van der Waals surface area contributed by atoms with Gasteiger partial charge in [0.05, 0.1) is 12.7 Å². The number of nitrogens with one attached hydrogen (secondary N) is 1. The summed E-state index contributed by atoms with van der Waals surface area (Å²) in [6.45, 7) is 4.20. The molecule has 2 rings (SSSR count). The second kappa shape index (κ2) is 7.41. The van der Waals surface area contributed by atoms with E-state index in [1.807, 2.05) is 18.2 Å². The molecule has 0 spiro atoms. The number of methoxy groups -OCH3 is 1. The average molecular weight is 354 g/mol. The molecule has 1 N–H and O–H groups in total. The first-order chi connectivity index (χ1) is 10.1. The molecule has 0 bridgehead atoms. The Kier molecular flexibility index (Phi) is 5.82. The lowest BCUT2D eigenvalue weighted by Gasteiger charge is -2.28. The molecule has 21 heavy (non-hydrogen) atoms. The van der Waals surface area contributed by atoms with Gasteiger partial charge in [-0.25, -0.2) is 4.79 Å². The first kappa shape index (κ1) is 16.5. The number of halogens is 1. The summed E-state index contributed by atoms with van der Waals surface area (Å²) in [6, 6.07) is 5.63. The van der Waals surface area contributed by atoms with Crippen molar-refractivity contribution in [1.82, 2.24) is 5.32 Å². The minimum absolute atomic E-state index is 0.300. The van der Waals surface area contributed by atoms with Gasteiger partial charge in [-0.2, -0.15) is 0 Å². The van der Waals surface area contributed by atoms with Crippen LogP contribution in [0.15, 0.2) is 22.7 Å². The number of carbonyl (C=O) groups excluding carboxylic acids is 1. The SMILES string of the molecule is CCC1(CNCc2ccc(C(=O)OC)cc2Br)CCCC1. The van der Waals surface area contributed by atoms with Crippen molar-refractivity contribution in [2.45, 2.75) is 45.6 Å². The lowest BCUT2D eigenvalue weighted by molar-refractivity contribution is 0.0600. The molecule has 4 heteroatoms. The molecule has 3 nitrogen and oxygen atoms in total. The summed E-state index contributed by atoms with van der Waals surface area (Å²) in [5.74, 6) is -0.300. The molecule has 1 fully saturated rings. The zero-order valence-electron chi connectivity index (χ0n) is 12.9. The van der Waals surface area contributed by atoms with Crippen LogP contribution in [0.5, 0.6) is 0 Å². The normalized spacial score (nSPS) is 16.9. The van der Waals surface area contributed by atoms with E-state index < -0.39 is 0 Å². The van der Waals surface area contributed by atoms with Gasteiger partial charge in [-0.05, 0) is 42.4 Å². The van der Waals surface area contributed by atoms with Crippen molar-refractivity contribution in [1.29, 1.82) is 0 Å². The summed E-state index contributed by atoms with van der Waals surface area (Å²) < 4.78 is 5.69. The number of hydrogen-bond acceptors (Lipinski definition) is 3. The van der Waals surface area contributed by atoms with Crippen molar-refractivity contribution in [3.63, 3.8) is 0 Å². The predicted octanol–water partition coefficient (Wildman–Crippen LogP) is 4.30. The Morgan fingerprint density at radius 3 is 2.67 bits per heavy atom. The molecule has 0 heterocycles. The molecule has 1 saturated carbocycles. The molecular formula is C17H24BrNO2. The van der Waals surface area contributed by atoms with E-state index in [2.05, 4.69) is 28.2 Å². The van der Waals surface area contributed by atoms with Crippen LogP contribution < -0.4 is 5.32 Å². The topological polar surface area (TPSA) is 38.3 Å². The summed E-state index contributed by atoms with van der Waals surface area (Å²) in [6.07, 6.45) is 6.68. The number of esters is 1. The van der Waals surface area contributed by atoms with Crippen LogP contribution in [0.1, 0.15) is 54.9 Å². The Hall–Kier alpha value is -0.870. The zero-order valence-corrected chi connectivity index (χ0v) is 14.5. The van der Waals surface area contributed by atoms with Crippen molar-refractivity contribution >= 4 is 21.9 Å². The smallest absolute Gasteiger partial charge is 0.337 e. The molecule has 0 radical (unpaired) electrons. The van der Waals surface area contributed by atoms with E-state index in [9.17, 15) is 4.79 Å². The van der Waals surface area contributed by atoms with Crippen molar-refractivity contribution in [2.75, 3.05) is 13.7 Å². The Bertz CT molecular complexity index is 496. The highest BCUT2D eigenvalue weighted by Gasteiger charge is 2.31. The fourth-order valence-corrected chi connectivity index (χ4v) is 3.70. The van der Waals surface area contributed by atoms with E-state index in [-0.39, 0.29) is 5.97 Å². The van der Waals surface area contributed by atoms with Crippen LogP contribution in [0.2, 0.25) is 0 Å². The van der Waals surface area contributed by atoms with Crippen LogP contribution in [-0.4, -0.2) is 19.6 Å². The van der Waals surface area contributed by atoms with Crippen molar-refractivity contribution in [2.24, 2.45) is 5.41 Å². The summed E-state index contributed by atoms with van der Waals surface area (Å²) in [7, 11) is 1.40. The fraction of sp³-hybridized carbons (Fsp3) is 0.588. The molecule has 0 aromatic heterocycles. The fourth-order valence-electron chi connectivity index (χ4n) is 3.18. The minimum Gasteiger partial charge on any atom is -0.465 e. The monoisotopic (exact) mass is 353 g/mol. The summed E-state index contributed by atoms with van der Waals surface area (Å²) >= 11 is 3.54. The second-order valence-electron chi connectivity index (χ2n) is 5.96. The third-order valence-electron chi connectivity index (χ3n) is 4.70. The summed E-state index contributed by atoms with van der Waals surface area (Å²) in [5.41, 5.74) is 2.25. The molecule has 1 aromatic rings. The maximum absolute atomic E-state index is 11.5. The van der Waals surface area contributed by atoms with Gasteiger partial charge < -0.3 is 10.1 Å². The molecule has 0 aliphatic heterocycles. The molecular weight excluding hydrogens is 330 g/mol. The van der Waals surface area contributed by atoms with Crippen LogP contribution in [0.3, 0.4) is 0 Å². The van der Waals surface area contributed by atoms with Gasteiger partial charge in [0.25, 0.3) is 0 Å². The molecule has 0 atom stereocenters. The number of ether oxygens (including phenoxy) is 1. The van der Waals surface area contributed by atoms with Gasteiger partial charge in [-0.3, -0.25) is 0 Å². The standard InChI is InChI=1S/C17H24BrNO2/c1-3-17(8-4-5-9-17)12-19-11-14-7-6-13(10-15(14)18)16(20)21-2/h6-7,10,19H,3-5,8-9,11-12H2,1-2H3. The van der Waals surface area contributed by atoms with Gasteiger partial charge in [-0.1, -0.05) is 41.8 Å². The minimum atomic E-state index is -0.300. The Balaban J connectivity index is 1.93. The van der Waals surface area contributed by atoms with Crippen LogP contribution in [-0.2, 0) is 11.3 Å². The highest BCUT2D eigenvalue weighted by atomic mass is 79.9. The van der Waals surface area contributed by atoms with Crippen LogP contribution >= 0.6 is 15.9 Å². The molecule has 0 saturated heterocycles. The van der Waals surface area contributed by atoms with Gasteiger partial charge in [0, 0.05) is 17.6 Å². The van der Waals surface area contributed by atoms with Crippen molar-refractivity contribution in [3.8, 4) is 0 Å². The van der Waals surface area contributed by atoms with E-state index in [1.54, 1.807) is 0 Å². The molecule has 116 valence electrons. The Morgan fingerprint density at radius 1 is 1.38 bits per heavy atom. The number of carbonyl (C=O) groups is 1. The van der Waals surface area contributed by atoms with Crippen LogP contribution in [0, 0.1) is 5.41 Å². The molecule has 1 aliphatic rings. The van der Waals surface area contributed by atoms with E-state index in [4.69, 9.17) is 4.74 Å². The van der Waals surface area contributed by atoms with E-state index in [0.717, 1.165) is 17.6 Å². The van der Waals surface area contributed by atoms with Gasteiger partial charge in [0.1, 0.15) is 0 Å². The lowest BCUT2D eigenvalue weighted by atomic mass is 9.83. The largest absolute Gasteiger partial charge is 0.465 e. The summed E-state index contributed by atoms with van der Waals surface area (Å²) in [4.78, 5) is 11.5. The quantitative estimate of drug-likeness (QED) is 0.775. The van der Waals surface area contributed by atoms with Crippen LogP contribution in [0.25, 0.3) is 0 Å². The highest BCUT2D eigenvalue weighted by molar-refractivity contribution is 9.10. The Morgan fingerprint density at radius 2 is 2.10 bits per heavy atom. The van der Waals surface area contributed by atoms with Crippen molar-refractivity contribution < 1.29 is 9.53 Å². The van der Waals surface area contributed by atoms with Gasteiger partial charge in [-0.15, -0.1) is 0 Å². The average Bonchev–Trinajstić information content (AvgIpc) is 2.97. The molecule has 0 unspecified atom stereocenters. The van der Waals surface area contributed by atoms with Gasteiger partial charge >= 0.3 is 5.97 Å². The maximum Gasteiger partial charge on any atom is 0.337 e.